The van der Waals surface area contributed by atoms with Crippen LogP contribution >= 0.6 is 12.2 Å². The first kappa shape index (κ1) is 20.6. The Balaban J connectivity index is 2.25. The fourth-order valence-electron chi connectivity index (χ4n) is 3.90. The summed E-state index contributed by atoms with van der Waals surface area (Å²) in [5, 5.41) is 4.99. The summed E-state index contributed by atoms with van der Waals surface area (Å²) in [7, 11) is 4.27. The van der Waals surface area contributed by atoms with E-state index in [0.29, 0.717) is 6.04 Å². The Morgan fingerprint density at radius 1 is 1.28 bits per heavy atom. The molecule has 1 aromatic heterocycles. The van der Waals surface area contributed by atoms with Gasteiger partial charge in [-0.15, -0.1) is 0 Å². The fourth-order valence-corrected chi connectivity index (χ4v) is 4.19. The molecule has 6 heteroatoms. The van der Waals surface area contributed by atoms with Crippen molar-refractivity contribution in [3.63, 3.8) is 0 Å². The minimum absolute atomic E-state index is 0.324. The molecular weight excluding hydrogens is 330 g/mol. The average molecular weight is 368 g/mol. The highest BCUT2D eigenvalue weighted by Crippen LogP contribution is 2.23. The Kier molecular flexibility index (Phi) is 8.10. The zero-order valence-corrected chi connectivity index (χ0v) is 17.7. The van der Waals surface area contributed by atoms with Crippen LogP contribution in [0.3, 0.4) is 0 Å². The minimum atomic E-state index is 0.324. The van der Waals surface area contributed by atoms with Crippen molar-refractivity contribution >= 4 is 12.2 Å². The van der Waals surface area contributed by atoms with Crippen molar-refractivity contribution in [3.05, 3.63) is 10.6 Å². The maximum atomic E-state index is 5.82. The Morgan fingerprint density at radius 2 is 2.04 bits per heavy atom. The van der Waals surface area contributed by atoms with Crippen LogP contribution < -0.4 is 0 Å². The fraction of sp³-hybridized carbons (Fsp3) is 0.895. The van der Waals surface area contributed by atoms with Gasteiger partial charge in [-0.3, -0.25) is 9.80 Å². The molecule has 0 radical (unpaired) electrons. The molecule has 1 aromatic rings. The minimum Gasteiger partial charge on any atom is -0.303 e. The van der Waals surface area contributed by atoms with Gasteiger partial charge in [0.05, 0.1) is 12.7 Å². The third-order valence-corrected chi connectivity index (χ3v) is 5.94. The Labute approximate surface area is 159 Å². The number of piperidine rings is 1. The molecule has 0 bridgehead atoms. The van der Waals surface area contributed by atoms with E-state index in [9.17, 15) is 0 Å². The molecular formula is C19H37N5S. The van der Waals surface area contributed by atoms with E-state index >= 15 is 0 Å². The summed E-state index contributed by atoms with van der Waals surface area (Å²) in [6.45, 7) is 10.9. The molecule has 0 saturated carbocycles. The zero-order valence-electron chi connectivity index (χ0n) is 16.9. The normalized spacial score (nSPS) is 20.3. The average Bonchev–Trinajstić information content (AvgIpc) is 2.89. The molecule has 1 fully saturated rings. The van der Waals surface area contributed by atoms with Gasteiger partial charge in [0, 0.05) is 13.1 Å². The lowest BCUT2D eigenvalue weighted by atomic mass is 9.96. The number of nitrogens with zero attached hydrogens (tertiary/aromatic N) is 5. The van der Waals surface area contributed by atoms with Gasteiger partial charge in [0.1, 0.15) is 5.82 Å². The topological polar surface area (TPSA) is 29.2 Å². The second-order valence-corrected chi connectivity index (χ2v) is 8.03. The summed E-state index contributed by atoms with van der Waals surface area (Å²) in [4.78, 5) is 4.79. The van der Waals surface area contributed by atoms with Gasteiger partial charge in [-0.1, -0.05) is 33.6 Å². The Bertz CT molecular complexity index is 577. The van der Waals surface area contributed by atoms with E-state index in [1.54, 1.807) is 0 Å². The number of unbranched alkanes of at least 4 members (excludes halogenated alkanes) is 1. The number of likely N-dealkylation sites (tertiary alicyclic amines) is 1. The summed E-state index contributed by atoms with van der Waals surface area (Å²) in [6, 6.07) is 0.324. The highest BCUT2D eigenvalue weighted by atomic mass is 32.1. The molecule has 0 aromatic carbocycles. The van der Waals surface area contributed by atoms with Gasteiger partial charge < -0.3 is 4.57 Å². The second-order valence-electron chi connectivity index (χ2n) is 7.67. The highest BCUT2D eigenvalue weighted by molar-refractivity contribution is 7.71. The van der Waals surface area contributed by atoms with Crippen LogP contribution in [0.2, 0.25) is 0 Å². The van der Waals surface area contributed by atoms with Gasteiger partial charge >= 0.3 is 0 Å². The molecule has 2 unspecified atom stereocenters. The largest absolute Gasteiger partial charge is 0.303 e. The van der Waals surface area contributed by atoms with Gasteiger partial charge in [0.15, 0.2) is 4.77 Å². The van der Waals surface area contributed by atoms with Crippen molar-refractivity contribution in [1.82, 2.24) is 24.1 Å². The van der Waals surface area contributed by atoms with Crippen molar-refractivity contribution in [2.75, 3.05) is 27.2 Å². The number of hydrogen-bond acceptors (Lipinski definition) is 4. The molecule has 0 N–H and O–H groups in total. The van der Waals surface area contributed by atoms with Gasteiger partial charge in [0.25, 0.3) is 0 Å². The van der Waals surface area contributed by atoms with E-state index in [2.05, 4.69) is 53.9 Å². The molecule has 144 valence electrons. The van der Waals surface area contributed by atoms with E-state index in [1.165, 1.54) is 38.8 Å². The molecule has 5 nitrogen and oxygen atoms in total. The molecule has 1 aliphatic heterocycles. The van der Waals surface area contributed by atoms with Crippen LogP contribution in [0.15, 0.2) is 0 Å². The third kappa shape index (κ3) is 5.14. The third-order valence-electron chi connectivity index (χ3n) is 5.51. The second kappa shape index (κ2) is 9.83. The first-order chi connectivity index (χ1) is 12.0. The molecule has 2 heterocycles. The Hall–Kier alpha value is -0.720. The molecule has 0 amide bonds. The van der Waals surface area contributed by atoms with Crippen molar-refractivity contribution in [1.29, 1.82) is 0 Å². The predicted octanol–water partition coefficient (Wildman–Crippen LogP) is 4.31. The lowest BCUT2D eigenvalue weighted by Crippen LogP contribution is -2.36. The smallest absolute Gasteiger partial charge is 0.199 e. The van der Waals surface area contributed by atoms with Crippen molar-refractivity contribution in [3.8, 4) is 0 Å². The molecule has 2 atom stereocenters. The summed E-state index contributed by atoms with van der Waals surface area (Å²) >= 11 is 5.82. The maximum Gasteiger partial charge on any atom is 0.199 e. The SMILES string of the molecule is CCCCn1c(C(CC)N(C)C)nn(CN2CCCC(CC)C2)c1=S. The standard InChI is InChI=1S/C19H37N5S/c1-6-9-13-23-18(17(8-3)21(4)5)20-24(19(23)25)15-22-12-10-11-16(7-2)14-22/h16-17H,6-15H2,1-5H3. The van der Waals surface area contributed by atoms with Crippen LogP contribution in [0, 0.1) is 10.7 Å². The molecule has 25 heavy (non-hydrogen) atoms. The van der Waals surface area contributed by atoms with Crippen LogP contribution in [-0.2, 0) is 13.2 Å². The molecule has 0 aliphatic carbocycles. The summed E-state index contributed by atoms with van der Waals surface area (Å²) in [5.74, 6) is 1.96. The van der Waals surface area contributed by atoms with Crippen LogP contribution in [0.4, 0.5) is 0 Å². The van der Waals surface area contributed by atoms with Gasteiger partial charge in [-0.2, -0.15) is 5.10 Å². The van der Waals surface area contributed by atoms with Gasteiger partial charge in [0.2, 0.25) is 0 Å². The molecule has 2 rings (SSSR count). The van der Waals surface area contributed by atoms with Crippen LogP contribution in [0.25, 0.3) is 0 Å². The summed E-state index contributed by atoms with van der Waals surface area (Å²) < 4.78 is 5.25. The predicted molar refractivity (Wildman–Crippen MR) is 107 cm³/mol. The lowest BCUT2D eigenvalue weighted by molar-refractivity contribution is 0.128. The van der Waals surface area contributed by atoms with Crippen LogP contribution in [-0.4, -0.2) is 51.3 Å². The molecule has 0 spiro atoms. The zero-order chi connectivity index (χ0) is 18.4. The van der Waals surface area contributed by atoms with E-state index in [-0.39, 0.29) is 0 Å². The van der Waals surface area contributed by atoms with E-state index in [0.717, 1.165) is 42.6 Å². The van der Waals surface area contributed by atoms with Gasteiger partial charge in [-0.25, -0.2) is 4.68 Å². The lowest BCUT2D eigenvalue weighted by Gasteiger charge is -2.31. The Morgan fingerprint density at radius 3 is 2.64 bits per heavy atom. The van der Waals surface area contributed by atoms with Gasteiger partial charge in [-0.05, 0) is 64.5 Å². The molecule has 1 aliphatic rings. The van der Waals surface area contributed by atoms with Crippen LogP contribution in [0.5, 0.6) is 0 Å². The monoisotopic (exact) mass is 367 g/mol. The summed E-state index contributed by atoms with van der Waals surface area (Å²) in [6.07, 6.45) is 7.31. The first-order valence-electron chi connectivity index (χ1n) is 10.1. The number of aromatic nitrogens is 3. The summed E-state index contributed by atoms with van der Waals surface area (Å²) in [5.41, 5.74) is 0. The van der Waals surface area contributed by atoms with E-state index in [4.69, 9.17) is 17.3 Å². The van der Waals surface area contributed by atoms with Crippen LogP contribution in [0.1, 0.15) is 71.2 Å². The van der Waals surface area contributed by atoms with E-state index in [1.807, 2.05) is 0 Å². The first-order valence-corrected chi connectivity index (χ1v) is 10.5. The van der Waals surface area contributed by atoms with Crippen molar-refractivity contribution in [2.24, 2.45) is 5.92 Å². The maximum absolute atomic E-state index is 5.82. The number of rotatable bonds is 9. The van der Waals surface area contributed by atoms with Crippen molar-refractivity contribution in [2.45, 2.75) is 78.6 Å². The quantitative estimate of drug-likeness (QED) is 0.608. The number of hydrogen-bond donors (Lipinski definition) is 0. The van der Waals surface area contributed by atoms with E-state index < -0.39 is 0 Å². The highest BCUT2D eigenvalue weighted by Gasteiger charge is 2.23. The molecule has 1 saturated heterocycles. The van der Waals surface area contributed by atoms with Crippen molar-refractivity contribution < 1.29 is 0 Å².